The van der Waals surface area contributed by atoms with Gasteiger partial charge in [0.1, 0.15) is 17.3 Å². The molecular formula is C14H14ClFN2O. The third kappa shape index (κ3) is 2.69. The molecule has 0 bridgehead atoms. The van der Waals surface area contributed by atoms with Crippen LogP contribution in [0.25, 0.3) is 0 Å². The van der Waals surface area contributed by atoms with Crippen molar-refractivity contribution >= 4 is 11.6 Å². The van der Waals surface area contributed by atoms with Crippen molar-refractivity contribution in [1.29, 1.82) is 0 Å². The predicted octanol–water partition coefficient (Wildman–Crippen LogP) is 3.19. The molecular weight excluding hydrogens is 267 g/mol. The van der Waals surface area contributed by atoms with Gasteiger partial charge in [-0.05, 0) is 31.3 Å². The second-order valence-corrected chi connectivity index (χ2v) is 4.36. The molecule has 1 N–H and O–H groups in total. The summed E-state index contributed by atoms with van der Waals surface area (Å²) in [7, 11) is 3.28. The van der Waals surface area contributed by atoms with Gasteiger partial charge >= 0.3 is 0 Å². The number of rotatable bonds is 4. The maximum Gasteiger partial charge on any atom is 0.142 e. The summed E-state index contributed by atoms with van der Waals surface area (Å²) in [5.41, 5.74) is 0.961. The molecule has 0 amide bonds. The van der Waals surface area contributed by atoms with Gasteiger partial charge in [0.25, 0.3) is 0 Å². The molecule has 5 heteroatoms. The highest BCUT2D eigenvalue weighted by Gasteiger charge is 2.23. The van der Waals surface area contributed by atoms with Crippen LogP contribution in [0.1, 0.15) is 17.3 Å². The summed E-state index contributed by atoms with van der Waals surface area (Å²) in [6.07, 6.45) is 1.64. The molecule has 100 valence electrons. The maximum atomic E-state index is 14.0. The van der Waals surface area contributed by atoms with Gasteiger partial charge in [-0.3, -0.25) is 4.98 Å². The average Bonchev–Trinajstić information content (AvgIpc) is 2.43. The number of ether oxygens (including phenoxy) is 1. The molecule has 0 aliphatic rings. The Kier molecular flexibility index (Phi) is 4.35. The fraction of sp³-hybridized carbons (Fsp3) is 0.214. The zero-order valence-corrected chi connectivity index (χ0v) is 11.4. The predicted molar refractivity (Wildman–Crippen MR) is 73.1 cm³/mol. The fourth-order valence-electron chi connectivity index (χ4n) is 2.00. The van der Waals surface area contributed by atoms with E-state index >= 15 is 0 Å². The summed E-state index contributed by atoms with van der Waals surface area (Å²) in [5.74, 6) is 0.209. The number of nitrogens with zero attached hydrogens (tertiary/aromatic N) is 1. The average molecular weight is 281 g/mol. The molecule has 0 fully saturated rings. The highest BCUT2D eigenvalue weighted by molar-refractivity contribution is 6.31. The van der Waals surface area contributed by atoms with E-state index in [0.29, 0.717) is 22.0 Å². The maximum absolute atomic E-state index is 14.0. The summed E-state index contributed by atoms with van der Waals surface area (Å²) in [6.45, 7) is 0. The standard InChI is InChI=1S/C14H14ClFN2O/c1-17-14(12-9(15)5-3-6-10(12)16)13-11(19-2)7-4-8-18-13/h3-8,14,17H,1-2H3. The van der Waals surface area contributed by atoms with Crippen molar-refractivity contribution in [2.75, 3.05) is 14.2 Å². The van der Waals surface area contributed by atoms with Crippen LogP contribution in [0.5, 0.6) is 5.75 Å². The molecule has 1 heterocycles. The topological polar surface area (TPSA) is 34.2 Å². The van der Waals surface area contributed by atoms with Gasteiger partial charge in [-0.2, -0.15) is 0 Å². The summed E-state index contributed by atoms with van der Waals surface area (Å²) in [5, 5.41) is 3.38. The Hall–Kier alpha value is -1.65. The lowest BCUT2D eigenvalue weighted by Gasteiger charge is -2.20. The molecule has 19 heavy (non-hydrogen) atoms. The number of halogens is 2. The SMILES string of the molecule is CNC(c1ncccc1OC)c1c(F)cccc1Cl. The molecule has 1 unspecified atom stereocenters. The van der Waals surface area contributed by atoms with E-state index in [1.165, 1.54) is 6.07 Å². The zero-order valence-electron chi connectivity index (χ0n) is 10.7. The van der Waals surface area contributed by atoms with Crippen molar-refractivity contribution in [2.24, 2.45) is 0 Å². The quantitative estimate of drug-likeness (QED) is 0.934. The van der Waals surface area contributed by atoms with Gasteiger partial charge in [0.05, 0.1) is 13.2 Å². The highest BCUT2D eigenvalue weighted by Crippen LogP contribution is 2.33. The molecule has 0 saturated carbocycles. The molecule has 3 nitrogen and oxygen atoms in total. The van der Waals surface area contributed by atoms with Crippen LogP contribution in [0, 0.1) is 5.82 Å². The first-order valence-corrected chi connectivity index (χ1v) is 6.17. The van der Waals surface area contributed by atoms with Crippen LogP contribution < -0.4 is 10.1 Å². The van der Waals surface area contributed by atoms with Crippen molar-refractivity contribution in [3.05, 3.63) is 58.6 Å². The number of nitrogens with one attached hydrogen (secondary N) is 1. The second-order valence-electron chi connectivity index (χ2n) is 3.95. The van der Waals surface area contributed by atoms with Gasteiger partial charge in [0, 0.05) is 16.8 Å². The minimum atomic E-state index is -0.468. The molecule has 0 aliphatic heterocycles. The van der Waals surface area contributed by atoms with Gasteiger partial charge in [-0.1, -0.05) is 17.7 Å². The Morgan fingerprint density at radius 3 is 2.74 bits per heavy atom. The molecule has 1 atom stereocenters. The molecule has 2 rings (SSSR count). The molecule has 0 saturated heterocycles. The molecule has 0 radical (unpaired) electrons. The number of hydrogen-bond acceptors (Lipinski definition) is 3. The van der Waals surface area contributed by atoms with E-state index < -0.39 is 6.04 Å². The van der Waals surface area contributed by atoms with E-state index in [-0.39, 0.29) is 5.82 Å². The van der Waals surface area contributed by atoms with Gasteiger partial charge in [-0.25, -0.2) is 4.39 Å². The van der Waals surface area contributed by atoms with Crippen LogP contribution in [-0.2, 0) is 0 Å². The van der Waals surface area contributed by atoms with Crippen molar-refractivity contribution in [2.45, 2.75) is 6.04 Å². The first-order valence-electron chi connectivity index (χ1n) is 5.79. The number of benzene rings is 1. The zero-order chi connectivity index (χ0) is 13.8. The van der Waals surface area contributed by atoms with E-state index in [4.69, 9.17) is 16.3 Å². The Balaban J connectivity index is 2.57. The second kappa shape index (κ2) is 5.99. The first kappa shape index (κ1) is 13.8. The minimum absolute atomic E-state index is 0.354. The Bertz CT molecular complexity index is 557. The fourth-order valence-corrected chi connectivity index (χ4v) is 2.27. The van der Waals surface area contributed by atoms with Crippen LogP contribution >= 0.6 is 11.6 Å². The summed E-state index contributed by atoms with van der Waals surface area (Å²) in [4.78, 5) is 4.27. The first-order chi connectivity index (χ1) is 9.19. The molecule has 0 spiro atoms. The Morgan fingerprint density at radius 1 is 1.32 bits per heavy atom. The van der Waals surface area contributed by atoms with Gasteiger partial charge in [0.2, 0.25) is 0 Å². The number of hydrogen-bond donors (Lipinski definition) is 1. The minimum Gasteiger partial charge on any atom is -0.495 e. The normalized spacial score (nSPS) is 12.2. The van der Waals surface area contributed by atoms with E-state index in [0.717, 1.165) is 0 Å². The van der Waals surface area contributed by atoms with Gasteiger partial charge in [0.15, 0.2) is 0 Å². The summed E-state index contributed by atoms with van der Waals surface area (Å²) < 4.78 is 19.3. The monoisotopic (exact) mass is 280 g/mol. The van der Waals surface area contributed by atoms with Crippen LogP contribution in [0.2, 0.25) is 5.02 Å². The van der Waals surface area contributed by atoms with Crippen LogP contribution in [-0.4, -0.2) is 19.1 Å². The lowest BCUT2D eigenvalue weighted by atomic mass is 10.0. The number of aromatic nitrogens is 1. The Labute approximate surface area is 116 Å². The van der Waals surface area contributed by atoms with Crippen molar-refractivity contribution in [1.82, 2.24) is 10.3 Å². The van der Waals surface area contributed by atoms with Crippen molar-refractivity contribution in [3.63, 3.8) is 0 Å². The molecule has 2 aromatic rings. The van der Waals surface area contributed by atoms with Crippen LogP contribution in [0.4, 0.5) is 4.39 Å². The molecule has 1 aromatic carbocycles. The van der Waals surface area contributed by atoms with Crippen LogP contribution in [0.15, 0.2) is 36.5 Å². The molecule has 0 aliphatic carbocycles. The third-order valence-corrected chi connectivity index (χ3v) is 3.20. The van der Waals surface area contributed by atoms with Crippen molar-refractivity contribution in [3.8, 4) is 5.75 Å². The molecule has 1 aromatic heterocycles. The summed E-state index contributed by atoms with van der Waals surface area (Å²) >= 11 is 6.10. The van der Waals surface area contributed by atoms with E-state index in [9.17, 15) is 4.39 Å². The smallest absolute Gasteiger partial charge is 0.142 e. The Morgan fingerprint density at radius 2 is 2.11 bits per heavy atom. The van der Waals surface area contributed by atoms with E-state index in [2.05, 4.69) is 10.3 Å². The van der Waals surface area contributed by atoms with E-state index in [1.54, 1.807) is 44.6 Å². The van der Waals surface area contributed by atoms with Crippen LogP contribution in [0.3, 0.4) is 0 Å². The van der Waals surface area contributed by atoms with Gasteiger partial charge < -0.3 is 10.1 Å². The lowest BCUT2D eigenvalue weighted by Crippen LogP contribution is -2.21. The lowest BCUT2D eigenvalue weighted by molar-refractivity contribution is 0.400. The van der Waals surface area contributed by atoms with Gasteiger partial charge in [-0.15, -0.1) is 0 Å². The highest BCUT2D eigenvalue weighted by atomic mass is 35.5. The van der Waals surface area contributed by atoms with Crippen molar-refractivity contribution < 1.29 is 9.13 Å². The largest absolute Gasteiger partial charge is 0.495 e. The van der Waals surface area contributed by atoms with E-state index in [1.807, 2.05) is 0 Å². The third-order valence-electron chi connectivity index (χ3n) is 2.87. The summed E-state index contributed by atoms with van der Waals surface area (Å²) in [6, 6.07) is 7.67. The number of methoxy groups -OCH3 is 1. The number of pyridine rings is 1.